The van der Waals surface area contributed by atoms with Crippen LogP contribution >= 0.6 is 0 Å². The van der Waals surface area contributed by atoms with Gasteiger partial charge in [0.2, 0.25) is 0 Å². The Bertz CT molecular complexity index is 442. The van der Waals surface area contributed by atoms with Gasteiger partial charge in [-0.15, -0.1) is 0 Å². The molecule has 4 nitrogen and oxygen atoms in total. The zero-order chi connectivity index (χ0) is 15.2. The van der Waals surface area contributed by atoms with Crippen molar-refractivity contribution in [2.24, 2.45) is 0 Å². The van der Waals surface area contributed by atoms with Gasteiger partial charge < -0.3 is 4.57 Å². The van der Waals surface area contributed by atoms with Crippen LogP contribution < -0.4 is 5.32 Å². The summed E-state index contributed by atoms with van der Waals surface area (Å²) < 4.78 is 2.23. The fourth-order valence-electron chi connectivity index (χ4n) is 2.57. The molecule has 1 atom stereocenters. The lowest BCUT2D eigenvalue weighted by Gasteiger charge is -2.25. The minimum absolute atomic E-state index is 0.334. The molecular formula is C16H28N4. The monoisotopic (exact) mass is 276 g/mol. The number of hydrogen-bond donors (Lipinski definition) is 1. The number of rotatable bonds is 8. The van der Waals surface area contributed by atoms with E-state index in [-0.39, 0.29) is 0 Å². The number of aryl methyl sites for hydroxylation is 1. The first-order valence-corrected chi connectivity index (χ1v) is 7.58. The molecule has 0 aromatic carbocycles. The molecule has 0 aliphatic heterocycles. The van der Waals surface area contributed by atoms with Gasteiger partial charge in [0.1, 0.15) is 11.4 Å². The van der Waals surface area contributed by atoms with Gasteiger partial charge in [-0.1, -0.05) is 13.8 Å². The first kappa shape index (κ1) is 16.7. The molecule has 112 valence electrons. The number of nitrogens with one attached hydrogen (secondary N) is 1. The van der Waals surface area contributed by atoms with Crippen molar-refractivity contribution < 1.29 is 0 Å². The zero-order valence-corrected chi connectivity index (χ0v) is 13.5. The van der Waals surface area contributed by atoms with Crippen LogP contribution in [0.15, 0.2) is 12.4 Å². The lowest BCUT2D eigenvalue weighted by atomic mass is 9.95. The molecule has 0 radical (unpaired) electrons. The van der Waals surface area contributed by atoms with Crippen LogP contribution in [0.3, 0.4) is 0 Å². The van der Waals surface area contributed by atoms with Crippen LogP contribution in [-0.2, 0) is 6.54 Å². The summed E-state index contributed by atoms with van der Waals surface area (Å²) in [4.78, 5) is 4.40. The van der Waals surface area contributed by atoms with Crippen molar-refractivity contribution in [3.63, 3.8) is 0 Å². The van der Waals surface area contributed by atoms with Crippen LogP contribution in [0.2, 0.25) is 0 Å². The normalized spacial score (nSPS) is 14.5. The van der Waals surface area contributed by atoms with Crippen LogP contribution in [-0.4, -0.2) is 21.1 Å². The van der Waals surface area contributed by atoms with Gasteiger partial charge in [0.05, 0.1) is 6.07 Å². The lowest BCUT2D eigenvalue weighted by Crippen LogP contribution is -2.44. The highest BCUT2D eigenvalue weighted by Gasteiger charge is 2.23. The molecular weight excluding hydrogens is 248 g/mol. The molecule has 1 unspecified atom stereocenters. The Balaban J connectivity index is 2.41. The van der Waals surface area contributed by atoms with Gasteiger partial charge in [-0.05, 0) is 40.0 Å². The fourth-order valence-corrected chi connectivity index (χ4v) is 2.57. The molecule has 4 heteroatoms. The maximum atomic E-state index is 9.31. The molecule has 0 fully saturated rings. The van der Waals surface area contributed by atoms with E-state index in [1.165, 1.54) is 0 Å². The largest absolute Gasteiger partial charge is 0.335 e. The molecule has 1 heterocycles. The topological polar surface area (TPSA) is 53.6 Å². The molecule has 0 aliphatic carbocycles. The Morgan fingerprint density at radius 2 is 2.05 bits per heavy atom. The van der Waals surface area contributed by atoms with E-state index in [4.69, 9.17) is 0 Å². The molecule has 0 saturated carbocycles. The highest BCUT2D eigenvalue weighted by molar-refractivity contribution is 5.04. The molecule has 20 heavy (non-hydrogen) atoms. The smallest absolute Gasteiger partial charge is 0.111 e. The molecule has 0 aliphatic rings. The Morgan fingerprint density at radius 3 is 2.60 bits per heavy atom. The van der Waals surface area contributed by atoms with Gasteiger partial charge in [-0.3, -0.25) is 5.32 Å². The summed E-state index contributed by atoms with van der Waals surface area (Å²) >= 11 is 0. The predicted molar refractivity (Wildman–Crippen MR) is 82.5 cm³/mol. The second-order valence-corrected chi connectivity index (χ2v) is 6.33. The summed E-state index contributed by atoms with van der Waals surface area (Å²) in [6.07, 6.45) is 6.92. The van der Waals surface area contributed by atoms with Crippen LogP contribution in [0.5, 0.6) is 0 Å². The van der Waals surface area contributed by atoms with E-state index in [9.17, 15) is 5.26 Å². The molecule has 1 aromatic rings. The van der Waals surface area contributed by atoms with Crippen molar-refractivity contribution in [3.05, 3.63) is 18.2 Å². The molecule has 0 saturated heterocycles. The molecule has 0 bridgehead atoms. The van der Waals surface area contributed by atoms with Gasteiger partial charge in [0.15, 0.2) is 0 Å². The van der Waals surface area contributed by atoms with Crippen molar-refractivity contribution >= 4 is 0 Å². The third-order valence-corrected chi connectivity index (χ3v) is 3.44. The minimum Gasteiger partial charge on any atom is -0.335 e. The van der Waals surface area contributed by atoms with E-state index >= 15 is 0 Å². The molecule has 1 N–H and O–H groups in total. The van der Waals surface area contributed by atoms with E-state index in [0.717, 1.165) is 31.6 Å². The fraction of sp³-hybridized carbons (Fsp3) is 0.750. The van der Waals surface area contributed by atoms with Gasteiger partial charge in [0, 0.05) is 30.9 Å². The highest BCUT2D eigenvalue weighted by Crippen LogP contribution is 2.16. The van der Waals surface area contributed by atoms with Crippen LogP contribution in [0.4, 0.5) is 0 Å². The first-order valence-electron chi connectivity index (χ1n) is 7.58. The van der Waals surface area contributed by atoms with Crippen molar-refractivity contribution in [2.75, 3.05) is 0 Å². The lowest BCUT2D eigenvalue weighted by molar-refractivity contribution is 0.365. The number of imidazole rings is 1. The second kappa shape index (κ2) is 7.44. The number of unbranched alkanes of at least 4 members (excludes halogenated alkanes) is 1. The number of aromatic nitrogens is 2. The SMILES string of the molecule is CC(C)NC(C)(C#N)CCCCn1ccnc1C(C)C. The Kier molecular flexibility index (Phi) is 6.22. The molecule has 1 aromatic heterocycles. The van der Waals surface area contributed by atoms with Gasteiger partial charge in [-0.25, -0.2) is 4.98 Å². The zero-order valence-electron chi connectivity index (χ0n) is 13.5. The third kappa shape index (κ3) is 4.97. The third-order valence-electron chi connectivity index (χ3n) is 3.44. The van der Waals surface area contributed by atoms with E-state index in [1.807, 2.05) is 19.3 Å². The molecule has 0 spiro atoms. The Hall–Kier alpha value is -1.34. The van der Waals surface area contributed by atoms with Crippen LogP contribution in [0.1, 0.15) is 65.6 Å². The van der Waals surface area contributed by atoms with Crippen molar-refractivity contribution in [2.45, 2.75) is 77.9 Å². The highest BCUT2D eigenvalue weighted by atomic mass is 15.1. The summed E-state index contributed by atoms with van der Waals surface area (Å²) in [6, 6.07) is 2.74. The number of nitrogens with zero attached hydrogens (tertiary/aromatic N) is 3. The molecule has 0 amide bonds. The van der Waals surface area contributed by atoms with E-state index in [0.29, 0.717) is 12.0 Å². The van der Waals surface area contributed by atoms with E-state index < -0.39 is 5.54 Å². The molecule has 1 rings (SSSR count). The van der Waals surface area contributed by atoms with Crippen molar-refractivity contribution in [1.29, 1.82) is 5.26 Å². The maximum absolute atomic E-state index is 9.31. The minimum atomic E-state index is -0.413. The average Bonchev–Trinajstić information content (AvgIpc) is 2.82. The van der Waals surface area contributed by atoms with Crippen molar-refractivity contribution in [3.8, 4) is 6.07 Å². The van der Waals surface area contributed by atoms with Crippen molar-refractivity contribution in [1.82, 2.24) is 14.9 Å². The predicted octanol–water partition coefficient (Wildman–Crippen LogP) is 3.46. The van der Waals surface area contributed by atoms with Gasteiger partial charge in [-0.2, -0.15) is 5.26 Å². The summed E-state index contributed by atoms with van der Waals surface area (Å²) in [5, 5.41) is 12.7. The number of hydrogen-bond acceptors (Lipinski definition) is 3. The first-order chi connectivity index (χ1) is 9.38. The quantitative estimate of drug-likeness (QED) is 0.740. The average molecular weight is 276 g/mol. The second-order valence-electron chi connectivity index (χ2n) is 6.33. The van der Waals surface area contributed by atoms with E-state index in [1.54, 1.807) is 0 Å². The number of nitriles is 1. The summed E-state index contributed by atoms with van der Waals surface area (Å²) in [5.41, 5.74) is -0.413. The van der Waals surface area contributed by atoms with Gasteiger partial charge >= 0.3 is 0 Å². The van der Waals surface area contributed by atoms with Crippen LogP contribution in [0.25, 0.3) is 0 Å². The summed E-state index contributed by atoms with van der Waals surface area (Å²) in [6.45, 7) is 11.5. The van der Waals surface area contributed by atoms with E-state index in [2.05, 4.69) is 48.6 Å². The Morgan fingerprint density at radius 1 is 1.35 bits per heavy atom. The summed E-state index contributed by atoms with van der Waals surface area (Å²) in [7, 11) is 0. The van der Waals surface area contributed by atoms with Gasteiger partial charge in [0.25, 0.3) is 0 Å². The standard InChI is InChI=1S/C16H28N4/c1-13(2)15-18-9-11-20(15)10-7-6-8-16(5,12-17)19-14(3)4/h9,11,13-14,19H,6-8,10H2,1-5H3. The Labute approximate surface area is 123 Å². The maximum Gasteiger partial charge on any atom is 0.111 e. The van der Waals surface area contributed by atoms with Crippen LogP contribution in [0, 0.1) is 11.3 Å². The summed E-state index contributed by atoms with van der Waals surface area (Å²) in [5.74, 6) is 1.60.